The van der Waals surface area contributed by atoms with Crippen LogP contribution in [0.15, 0.2) is 51.7 Å². The summed E-state index contributed by atoms with van der Waals surface area (Å²) in [5.74, 6) is -3.61. The quantitative estimate of drug-likeness (QED) is 0.426. The Hall–Kier alpha value is -3.82. The Labute approximate surface area is 185 Å². The summed E-state index contributed by atoms with van der Waals surface area (Å²) in [6, 6.07) is 8.74. The SMILES string of the molecule is CCCOC(=O)c1ccc(Oc2c(C(F)(F)F)oc3cc(OCC(C)=O)ccc3c2=O)cc1. The number of esters is 1. The van der Waals surface area contributed by atoms with E-state index in [2.05, 4.69) is 0 Å². The van der Waals surface area contributed by atoms with Gasteiger partial charge in [0.1, 0.15) is 23.7 Å². The molecule has 0 aliphatic heterocycles. The van der Waals surface area contributed by atoms with Crippen LogP contribution in [0, 0.1) is 0 Å². The van der Waals surface area contributed by atoms with Crippen molar-refractivity contribution in [3.63, 3.8) is 0 Å². The van der Waals surface area contributed by atoms with Crippen LogP contribution in [0.3, 0.4) is 0 Å². The van der Waals surface area contributed by atoms with Gasteiger partial charge < -0.3 is 18.6 Å². The Kier molecular flexibility index (Phi) is 7.05. The Morgan fingerprint density at radius 2 is 1.70 bits per heavy atom. The highest BCUT2D eigenvalue weighted by atomic mass is 19.4. The van der Waals surface area contributed by atoms with Crippen molar-refractivity contribution in [1.29, 1.82) is 0 Å². The summed E-state index contributed by atoms with van der Waals surface area (Å²) < 4.78 is 61.3. The van der Waals surface area contributed by atoms with Crippen LogP contribution in [0.1, 0.15) is 36.4 Å². The number of ketones is 1. The van der Waals surface area contributed by atoms with Gasteiger partial charge in [0.05, 0.1) is 17.6 Å². The first-order chi connectivity index (χ1) is 15.6. The summed E-state index contributed by atoms with van der Waals surface area (Å²) in [4.78, 5) is 35.7. The molecule has 1 heterocycles. The second kappa shape index (κ2) is 9.76. The number of ether oxygens (including phenoxy) is 3. The molecule has 0 aliphatic rings. The molecule has 0 N–H and O–H groups in total. The third kappa shape index (κ3) is 5.71. The number of hydrogen-bond acceptors (Lipinski definition) is 7. The van der Waals surface area contributed by atoms with Gasteiger partial charge in [0, 0.05) is 6.07 Å². The van der Waals surface area contributed by atoms with E-state index in [1.165, 1.54) is 43.3 Å². The molecule has 7 nitrogen and oxygen atoms in total. The molecule has 0 bridgehead atoms. The van der Waals surface area contributed by atoms with Crippen molar-refractivity contribution in [2.75, 3.05) is 13.2 Å². The zero-order valence-electron chi connectivity index (χ0n) is 17.7. The Balaban J connectivity index is 1.98. The fourth-order valence-electron chi connectivity index (χ4n) is 2.77. The van der Waals surface area contributed by atoms with Crippen molar-refractivity contribution in [2.45, 2.75) is 26.4 Å². The van der Waals surface area contributed by atoms with Crippen LogP contribution in [0.2, 0.25) is 0 Å². The maximum Gasteiger partial charge on any atom is 0.453 e. The van der Waals surface area contributed by atoms with E-state index < -0.39 is 29.1 Å². The highest BCUT2D eigenvalue weighted by Gasteiger charge is 2.40. The zero-order valence-corrected chi connectivity index (χ0v) is 17.7. The monoisotopic (exact) mass is 464 g/mol. The predicted octanol–water partition coefficient (Wildman–Crippen LogP) is 5.14. The number of benzene rings is 2. The van der Waals surface area contributed by atoms with Gasteiger partial charge in [-0.1, -0.05) is 6.92 Å². The molecule has 3 rings (SSSR count). The van der Waals surface area contributed by atoms with Crippen molar-refractivity contribution >= 4 is 22.7 Å². The third-order valence-corrected chi connectivity index (χ3v) is 4.27. The lowest BCUT2D eigenvalue weighted by atomic mass is 10.2. The molecule has 3 aromatic rings. The molecule has 0 radical (unpaired) electrons. The largest absolute Gasteiger partial charge is 0.486 e. The van der Waals surface area contributed by atoms with Crippen molar-refractivity contribution in [2.24, 2.45) is 0 Å². The van der Waals surface area contributed by atoms with E-state index in [4.69, 9.17) is 18.6 Å². The number of carbonyl (C=O) groups excluding carboxylic acids is 2. The highest BCUT2D eigenvalue weighted by Crippen LogP contribution is 2.38. The average molecular weight is 464 g/mol. The first kappa shape index (κ1) is 23.8. The summed E-state index contributed by atoms with van der Waals surface area (Å²) in [5, 5.41) is -0.173. The normalized spacial score (nSPS) is 11.3. The van der Waals surface area contributed by atoms with E-state index in [1.807, 2.05) is 6.92 Å². The van der Waals surface area contributed by atoms with Gasteiger partial charge in [0.2, 0.25) is 11.2 Å². The van der Waals surface area contributed by atoms with Crippen LogP contribution < -0.4 is 14.9 Å². The van der Waals surface area contributed by atoms with Gasteiger partial charge in [-0.25, -0.2) is 4.79 Å². The average Bonchev–Trinajstić information content (AvgIpc) is 2.77. The van der Waals surface area contributed by atoms with E-state index in [1.54, 1.807) is 0 Å². The molecule has 0 atom stereocenters. The van der Waals surface area contributed by atoms with E-state index >= 15 is 0 Å². The molecule has 0 amide bonds. The van der Waals surface area contributed by atoms with Gasteiger partial charge in [0.15, 0.2) is 5.78 Å². The van der Waals surface area contributed by atoms with Gasteiger partial charge >= 0.3 is 12.1 Å². The molecule has 174 valence electrons. The minimum Gasteiger partial charge on any atom is -0.486 e. The van der Waals surface area contributed by atoms with E-state index in [0.717, 1.165) is 6.07 Å². The van der Waals surface area contributed by atoms with Gasteiger partial charge in [-0.15, -0.1) is 0 Å². The molecular formula is C23H19F3O7. The van der Waals surface area contributed by atoms with E-state index in [0.29, 0.717) is 6.42 Å². The molecule has 1 aromatic heterocycles. The van der Waals surface area contributed by atoms with Crippen LogP contribution in [-0.2, 0) is 15.7 Å². The summed E-state index contributed by atoms with van der Waals surface area (Å²) in [7, 11) is 0. The molecule has 0 unspecified atom stereocenters. The molecule has 0 spiro atoms. The molecule has 0 saturated heterocycles. The Morgan fingerprint density at radius 1 is 1.03 bits per heavy atom. The first-order valence-electron chi connectivity index (χ1n) is 9.85. The van der Waals surface area contributed by atoms with Crippen LogP contribution in [-0.4, -0.2) is 25.0 Å². The Bertz CT molecular complexity index is 1230. The Morgan fingerprint density at radius 3 is 2.30 bits per heavy atom. The number of alkyl halides is 3. The molecule has 2 aromatic carbocycles. The number of rotatable bonds is 8. The van der Waals surface area contributed by atoms with E-state index in [9.17, 15) is 27.6 Å². The number of fused-ring (bicyclic) bond motifs is 1. The van der Waals surface area contributed by atoms with Gasteiger partial charge in [-0.3, -0.25) is 9.59 Å². The highest BCUT2D eigenvalue weighted by molar-refractivity contribution is 5.89. The minimum absolute atomic E-state index is 0.0631. The molecular weight excluding hydrogens is 445 g/mol. The molecule has 0 saturated carbocycles. The fraction of sp³-hybridized carbons (Fsp3) is 0.261. The molecule has 0 aliphatic carbocycles. The van der Waals surface area contributed by atoms with Crippen LogP contribution in [0.4, 0.5) is 13.2 Å². The second-order valence-corrected chi connectivity index (χ2v) is 7.00. The van der Waals surface area contributed by atoms with Crippen molar-refractivity contribution < 1.29 is 41.4 Å². The summed E-state index contributed by atoms with van der Waals surface area (Å²) in [6.45, 7) is 3.06. The van der Waals surface area contributed by atoms with E-state index in [-0.39, 0.29) is 47.0 Å². The third-order valence-electron chi connectivity index (χ3n) is 4.27. The van der Waals surface area contributed by atoms with Crippen LogP contribution in [0.5, 0.6) is 17.2 Å². The summed E-state index contributed by atoms with van der Waals surface area (Å²) >= 11 is 0. The topological polar surface area (TPSA) is 92.0 Å². The van der Waals surface area contributed by atoms with Crippen molar-refractivity contribution in [3.8, 4) is 17.2 Å². The maximum atomic E-state index is 13.7. The zero-order chi connectivity index (χ0) is 24.2. The van der Waals surface area contributed by atoms with Gasteiger partial charge in [0.25, 0.3) is 5.76 Å². The molecule has 33 heavy (non-hydrogen) atoms. The lowest BCUT2D eigenvalue weighted by Crippen LogP contribution is -2.15. The lowest BCUT2D eigenvalue weighted by Gasteiger charge is -2.14. The first-order valence-corrected chi connectivity index (χ1v) is 9.85. The van der Waals surface area contributed by atoms with Gasteiger partial charge in [-0.05, 0) is 49.7 Å². The number of hydrogen-bond donors (Lipinski definition) is 0. The van der Waals surface area contributed by atoms with Crippen molar-refractivity contribution in [1.82, 2.24) is 0 Å². The second-order valence-electron chi connectivity index (χ2n) is 7.00. The predicted molar refractivity (Wildman–Crippen MR) is 111 cm³/mol. The minimum atomic E-state index is -5.04. The number of halogens is 3. The molecule has 10 heteroatoms. The molecule has 0 fully saturated rings. The maximum absolute atomic E-state index is 13.7. The standard InChI is InChI=1S/C23H19F3O7/c1-3-10-30-22(29)14-4-6-15(7-5-14)32-20-19(28)17-9-8-16(31-12-13(2)27)11-18(17)33-21(20)23(24,25)26/h4-9,11H,3,10,12H2,1-2H3. The number of carbonyl (C=O) groups is 2. The van der Waals surface area contributed by atoms with Crippen molar-refractivity contribution in [3.05, 3.63) is 64.0 Å². The fourth-order valence-corrected chi connectivity index (χ4v) is 2.77. The summed E-state index contributed by atoms with van der Waals surface area (Å²) in [6.07, 6.45) is -4.40. The number of Topliss-reactive ketones (excluding diaryl/α,β-unsaturated/α-hetero) is 1. The summed E-state index contributed by atoms with van der Waals surface area (Å²) in [5.41, 5.74) is -1.25. The smallest absolute Gasteiger partial charge is 0.453 e. The lowest BCUT2D eigenvalue weighted by molar-refractivity contribution is -0.154. The van der Waals surface area contributed by atoms with Crippen LogP contribution in [0.25, 0.3) is 11.0 Å². The van der Waals surface area contributed by atoms with Gasteiger partial charge in [-0.2, -0.15) is 13.2 Å². The van der Waals surface area contributed by atoms with Crippen LogP contribution >= 0.6 is 0 Å².